The van der Waals surface area contributed by atoms with E-state index in [4.69, 9.17) is 11.6 Å². The Bertz CT molecular complexity index is 979. The van der Waals surface area contributed by atoms with E-state index in [1.165, 1.54) is 35.9 Å². The van der Waals surface area contributed by atoms with E-state index in [1.54, 1.807) is 18.2 Å². The minimum Gasteiger partial charge on any atom is -0.322 e. The summed E-state index contributed by atoms with van der Waals surface area (Å²) in [4.78, 5) is 24.4. The van der Waals surface area contributed by atoms with Crippen molar-refractivity contribution in [1.82, 2.24) is 4.57 Å². The summed E-state index contributed by atoms with van der Waals surface area (Å²) in [7, 11) is 0. The molecule has 0 spiro atoms. The highest BCUT2D eigenvalue weighted by atomic mass is 35.5. The van der Waals surface area contributed by atoms with Crippen molar-refractivity contribution in [1.29, 1.82) is 0 Å². The van der Waals surface area contributed by atoms with Crippen LogP contribution in [-0.2, 0) is 0 Å². The number of halogens is 2. The van der Waals surface area contributed by atoms with Gasteiger partial charge in [0.1, 0.15) is 5.82 Å². The fraction of sp³-hybridized carbons (Fsp3) is 0.111. The third kappa shape index (κ3) is 2.90. The van der Waals surface area contributed by atoms with Crippen LogP contribution in [-0.4, -0.2) is 16.4 Å². The molecule has 1 N–H and O–H groups in total. The number of fused-ring (bicyclic) bond motifs is 1. The fourth-order valence-corrected chi connectivity index (χ4v) is 2.83. The van der Waals surface area contributed by atoms with Crippen molar-refractivity contribution in [3.05, 3.63) is 64.6 Å². The number of nitrogens with zero attached hydrogens (tertiary/aromatic N) is 1. The van der Waals surface area contributed by atoms with Gasteiger partial charge in [-0.25, -0.2) is 4.39 Å². The molecule has 0 aliphatic heterocycles. The van der Waals surface area contributed by atoms with Crippen LogP contribution in [0.2, 0.25) is 5.02 Å². The Hall–Kier alpha value is -2.66. The first-order valence-corrected chi connectivity index (χ1v) is 7.63. The monoisotopic (exact) mass is 344 g/mol. The molecule has 1 aromatic heterocycles. The van der Waals surface area contributed by atoms with Gasteiger partial charge in [-0.15, -0.1) is 0 Å². The lowest BCUT2D eigenvalue weighted by molar-refractivity contribution is 0.0941. The predicted octanol–water partition coefficient (Wildman–Crippen LogP) is 4.65. The Balaban J connectivity index is 2.05. The molecule has 0 unspecified atom stereocenters. The number of rotatable bonds is 2. The average molecular weight is 345 g/mol. The second-order valence-electron chi connectivity index (χ2n) is 5.51. The summed E-state index contributed by atoms with van der Waals surface area (Å²) < 4.78 is 14.8. The van der Waals surface area contributed by atoms with Gasteiger partial charge in [-0.3, -0.25) is 14.2 Å². The Labute approximate surface area is 142 Å². The summed E-state index contributed by atoms with van der Waals surface area (Å²) in [5.74, 6) is -1.15. The van der Waals surface area contributed by atoms with E-state index < -0.39 is 5.82 Å². The molecule has 0 aliphatic rings. The molecule has 24 heavy (non-hydrogen) atoms. The van der Waals surface area contributed by atoms with Crippen LogP contribution >= 0.6 is 11.6 Å². The number of benzene rings is 2. The third-order valence-electron chi connectivity index (χ3n) is 3.79. The highest BCUT2D eigenvalue weighted by Crippen LogP contribution is 2.25. The molecule has 6 heteroatoms. The molecule has 4 nitrogen and oxygen atoms in total. The molecule has 0 saturated carbocycles. The zero-order chi connectivity index (χ0) is 17.4. The van der Waals surface area contributed by atoms with E-state index in [-0.39, 0.29) is 11.8 Å². The van der Waals surface area contributed by atoms with Gasteiger partial charge in [-0.1, -0.05) is 11.6 Å². The van der Waals surface area contributed by atoms with Crippen LogP contribution in [0, 0.1) is 12.7 Å². The van der Waals surface area contributed by atoms with Crippen molar-refractivity contribution >= 4 is 40.0 Å². The number of hydrogen-bond acceptors (Lipinski definition) is 2. The summed E-state index contributed by atoms with van der Waals surface area (Å²) in [5, 5.41) is 3.88. The van der Waals surface area contributed by atoms with Gasteiger partial charge in [0.25, 0.3) is 5.91 Å². The quantitative estimate of drug-likeness (QED) is 0.735. The number of hydrogen-bond donors (Lipinski definition) is 1. The first kappa shape index (κ1) is 16.2. The lowest BCUT2D eigenvalue weighted by Gasteiger charge is -2.08. The van der Waals surface area contributed by atoms with Gasteiger partial charge in [-0.2, -0.15) is 0 Å². The number of aryl methyl sites for hydroxylation is 1. The number of nitrogens with one attached hydrogen (secondary N) is 1. The van der Waals surface area contributed by atoms with Crippen LogP contribution in [0.3, 0.4) is 0 Å². The van der Waals surface area contributed by atoms with Crippen LogP contribution in [0.5, 0.6) is 0 Å². The number of anilines is 1. The van der Waals surface area contributed by atoms with Crippen molar-refractivity contribution in [2.24, 2.45) is 0 Å². The van der Waals surface area contributed by atoms with Crippen molar-refractivity contribution in [2.75, 3.05) is 5.32 Å². The molecule has 122 valence electrons. The third-order valence-corrected chi connectivity index (χ3v) is 4.02. The van der Waals surface area contributed by atoms with E-state index in [2.05, 4.69) is 5.32 Å². The maximum atomic E-state index is 13.5. The number of carbonyl (C=O) groups is 2. The maximum Gasteiger partial charge on any atom is 0.257 e. The molecule has 0 atom stereocenters. The molecule has 0 bridgehead atoms. The lowest BCUT2D eigenvalue weighted by atomic mass is 10.1. The van der Waals surface area contributed by atoms with E-state index >= 15 is 0 Å². The molecule has 0 aliphatic carbocycles. The van der Waals surface area contributed by atoms with Crippen LogP contribution in [0.15, 0.2) is 42.6 Å². The van der Waals surface area contributed by atoms with E-state index in [1.807, 2.05) is 6.92 Å². The number of amides is 1. The van der Waals surface area contributed by atoms with Gasteiger partial charge in [0.2, 0.25) is 5.91 Å². The fourth-order valence-electron chi connectivity index (χ4n) is 2.60. The van der Waals surface area contributed by atoms with Crippen molar-refractivity contribution in [3.63, 3.8) is 0 Å². The Morgan fingerprint density at radius 1 is 1.17 bits per heavy atom. The second kappa shape index (κ2) is 6.09. The van der Waals surface area contributed by atoms with Gasteiger partial charge >= 0.3 is 0 Å². The summed E-state index contributed by atoms with van der Waals surface area (Å²) in [5.41, 5.74) is 2.10. The minimum atomic E-state index is -0.469. The lowest BCUT2D eigenvalue weighted by Crippen LogP contribution is -2.12. The smallest absolute Gasteiger partial charge is 0.257 e. The zero-order valence-electron chi connectivity index (χ0n) is 13.1. The van der Waals surface area contributed by atoms with Crippen molar-refractivity contribution in [2.45, 2.75) is 13.8 Å². The molecule has 0 radical (unpaired) electrons. The van der Waals surface area contributed by atoms with Crippen LogP contribution in [0.4, 0.5) is 10.1 Å². The zero-order valence-corrected chi connectivity index (χ0v) is 13.8. The largest absolute Gasteiger partial charge is 0.322 e. The van der Waals surface area contributed by atoms with Crippen molar-refractivity contribution in [3.8, 4) is 0 Å². The second-order valence-corrected chi connectivity index (χ2v) is 5.94. The predicted molar refractivity (Wildman–Crippen MR) is 92.3 cm³/mol. The molecular weight excluding hydrogens is 331 g/mol. The standard InChI is InChI=1S/C18H14ClFN2O2/c1-10-7-12(19)3-6-16(10)21-18(24)15-9-22(11(2)23)17-8-13(20)4-5-14(15)17/h3-9H,1-2H3,(H,21,24). The van der Waals surface area contributed by atoms with Crippen LogP contribution < -0.4 is 5.32 Å². The highest BCUT2D eigenvalue weighted by molar-refractivity contribution is 6.30. The molecule has 2 aromatic carbocycles. The topological polar surface area (TPSA) is 51.1 Å². The van der Waals surface area contributed by atoms with Gasteiger partial charge in [-0.05, 0) is 48.9 Å². The SMILES string of the molecule is CC(=O)n1cc(C(=O)Nc2ccc(Cl)cc2C)c2ccc(F)cc21. The molecule has 3 aromatic rings. The average Bonchev–Trinajstić information content (AvgIpc) is 2.89. The Morgan fingerprint density at radius 2 is 1.92 bits per heavy atom. The summed E-state index contributed by atoms with van der Waals surface area (Å²) in [6.07, 6.45) is 1.42. The molecular formula is C18H14ClFN2O2. The molecule has 1 heterocycles. The van der Waals surface area contributed by atoms with Gasteiger partial charge in [0.05, 0.1) is 11.1 Å². The minimum absolute atomic E-state index is 0.299. The highest BCUT2D eigenvalue weighted by Gasteiger charge is 2.18. The van der Waals surface area contributed by atoms with E-state index in [9.17, 15) is 14.0 Å². The molecule has 1 amide bonds. The summed E-state index contributed by atoms with van der Waals surface area (Å²) in [6.45, 7) is 3.19. The Morgan fingerprint density at radius 3 is 2.58 bits per heavy atom. The molecule has 0 fully saturated rings. The van der Waals surface area contributed by atoms with Gasteiger partial charge in [0.15, 0.2) is 0 Å². The van der Waals surface area contributed by atoms with E-state index in [0.29, 0.717) is 27.2 Å². The van der Waals surface area contributed by atoms with Gasteiger partial charge < -0.3 is 5.32 Å². The first-order chi connectivity index (χ1) is 11.4. The normalized spacial score (nSPS) is 10.8. The molecule has 0 saturated heterocycles. The van der Waals surface area contributed by atoms with Crippen molar-refractivity contribution < 1.29 is 14.0 Å². The summed E-state index contributed by atoms with van der Waals surface area (Å²) >= 11 is 5.91. The maximum absolute atomic E-state index is 13.5. The van der Waals surface area contributed by atoms with Crippen LogP contribution in [0.1, 0.15) is 27.6 Å². The molecule has 3 rings (SSSR count). The Kier molecular flexibility index (Phi) is 4.11. The first-order valence-electron chi connectivity index (χ1n) is 7.26. The van der Waals surface area contributed by atoms with E-state index in [0.717, 1.165) is 5.56 Å². The van der Waals surface area contributed by atoms with Gasteiger partial charge in [0, 0.05) is 29.2 Å². The number of aromatic nitrogens is 1. The van der Waals surface area contributed by atoms with Crippen LogP contribution in [0.25, 0.3) is 10.9 Å². The summed E-state index contributed by atoms with van der Waals surface area (Å²) in [6, 6.07) is 9.12. The number of carbonyl (C=O) groups excluding carboxylic acids is 2.